The predicted molar refractivity (Wildman–Crippen MR) is 59.4 cm³/mol. The number of carbonyl (C=O) groups excluding carboxylic acids is 1. The Bertz CT molecular complexity index is 355. The van der Waals surface area contributed by atoms with Crippen LogP contribution in [0.25, 0.3) is 0 Å². The predicted octanol–water partition coefficient (Wildman–Crippen LogP) is 3.35. The summed E-state index contributed by atoms with van der Waals surface area (Å²) in [4.78, 5) is 15.2. The molecule has 15 heavy (non-hydrogen) atoms. The van der Waals surface area contributed by atoms with Crippen molar-refractivity contribution in [2.45, 2.75) is 19.8 Å². The van der Waals surface area contributed by atoms with E-state index >= 15 is 0 Å². The number of nitrogens with zero attached hydrogens (tertiary/aromatic N) is 1. The fourth-order valence-corrected chi connectivity index (χ4v) is 1.20. The van der Waals surface area contributed by atoms with Crippen molar-refractivity contribution < 1.29 is 9.53 Å². The van der Waals surface area contributed by atoms with E-state index in [9.17, 15) is 4.79 Å². The molecule has 5 heteroatoms. The number of halogens is 2. The van der Waals surface area contributed by atoms with Crippen molar-refractivity contribution >= 4 is 29.2 Å². The minimum absolute atomic E-state index is 0.182. The molecule has 0 saturated heterocycles. The fourth-order valence-electron chi connectivity index (χ4n) is 0.925. The van der Waals surface area contributed by atoms with Crippen molar-refractivity contribution in [3.8, 4) is 0 Å². The summed E-state index contributed by atoms with van der Waals surface area (Å²) in [7, 11) is 0. The molecule has 1 heterocycles. The van der Waals surface area contributed by atoms with E-state index < -0.39 is 5.97 Å². The molecule has 0 saturated carbocycles. The Kier molecular flexibility index (Phi) is 4.85. The van der Waals surface area contributed by atoms with E-state index in [1.807, 2.05) is 6.92 Å². The number of esters is 1. The molecule has 1 aromatic rings. The van der Waals surface area contributed by atoms with Gasteiger partial charge in [0.15, 0.2) is 0 Å². The van der Waals surface area contributed by atoms with E-state index in [1.165, 1.54) is 12.3 Å². The minimum atomic E-state index is -0.422. The Balaban J connectivity index is 2.62. The summed E-state index contributed by atoms with van der Waals surface area (Å²) < 4.78 is 4.98. The van der Waals surface area contributed by atoms with E-state index in [0.29, 0.717) is 12.2 Å². The molecule has 0 N–H and O–H groups in total. The van der Waals surface area contributed by atoms with Gasteiger partial charge in [-0.05, 0) is 12.5 Å². The Hall–Kier alpha value is -0.800. The van der Waals surface area contributed by atoms with Gasteiger partial charge in [-0.25, -0.2) is 9.78 Å². The van der Waals surface area contributed by atoms with Crippen LogP contribution < -0.4 is 0 Å². The maximum absolute atomic E-state index is 11.4. The number of pyridine rings is 1. The number of aromatic nitrogens is 1. The molecule has 0 aliphatic carbocycles. The summed E-state index contributed by atoms with van der Waals surface area (Å²) in [6, 6.07) is 1.45. The largest absolute Gasteiger partial charge is 0.462 e. The third-order valence-electron chi connectivity index (χ3n) is 1.76. The second kappa shape index (κ2) is 5.93. The third-order valence-corrected chi connectivity index (χ3v) is 2.45. The molecule has 1 aromatic heterocycles. The minimum Gasteiger partial charge on any atom is -0.462 e. The summed E-state index contributed by atoms with van der Waals surface area (Å²) in [5.74, 6) is -0.422. The van der Waals surface area contributed by atoms with Crippen molar-refractivity contribution in [3.63, 3.8) is 0 Å². The van der Waals surface area contributed by atoms with Gasteiger partial charge in [0.2, 0.25) is 0 Å². The molecule has 0 aliphatic rings. The molecule has 0 unspecified atom stereocenters. The lowest BCUT2D eigenvalue weighted by atomic mass is 10.3. The van der Waals surface area contributed by atoms with Gasteiger partial charge in [-0.2, -0.15) is 0 Å². The third kappa shape index (κ3) is 3.68. The standard InChI is InChI=1S/C10H11Cl2NO2/c1-2-3-4-15-10(14)7-5-8(11)9(12)13-6-7/h5-6H,2-4H2,1H3. The lowest BCUT2D eigenvalue weighted by molar-refractivity contribution is 0.0499. The van der Waals surface area contributed by atoms with Crippen LogP contribution in [0.5, 0.6) is 0 Å². The molecular weight excluding hydrogens is 237 g/mol. The molecule has 0 bridgehead atoms. The summed E-state index contributed by atoms with van der Waals surface area (Å²) in [5, 5.41) is 0.434. The number of ether oxygens (including phenoxy) is 1. The Morgan fingerprint density at radius 2 is 2.27 bits per heavy atom. The molecular formula is C10H11Cl2NO2. The molecule has 0 spiro atoms. The molecule has 0 amide bonds. The van der Waals surface area contributed by atoms with Crippen LogP contribution in [0.15, 0.2) is 12.3 Å². The fraction of sp³-hybridized carbons (Fsp3) is 0.400. The molecule has 0 atom stereocenters. The first kappa shape index (κ1) is 12.3. The van der Waals surface area contributed by atoms with Crippen molar-refractivity contribution in [3.05, 3.63) is 28.0 Å². The van der Waals surface area contributed by atoms with Gasteiger partial charge in [0.05, 0.1) is 17.2 Å². The Morgan fingerprint density at radius 1 is 1.53 bits per heavy atom. The van der Waals surface area contributed by atoms with E-state index in [1.54, 1.807) is 0 Å². The average molecular weight is 248 g/mol. The molecule has 0 fully saturated rings. The van der Waals surface area contributed by atoms with E-state index in [0.717, 1.165) is 12.8 Å². The van der Waals surface area contributed by atoms with E-state index in [-0.39, 0.29) is 10.2 Å². The lowest BCUT2D eigenvalue weighted by Gasteiger charge is -2.03. The number of carbonyl (C=O) groups is 1. The first-order valence-corrected chi connectivity index (χ1v) is 5.39. The molecule has 0 radical (unpaired) electrons. The van der Waals surface area contributed by atoms with Gasteiger partial charge in [0.25, 0.3) is 0 Å². The smallest absolute Gasteiger partial charge is 0.339 e. The van der Waals surface area contributed by atoms with Gasteiger partial charge in [-0.3, -0.25) is 0 Å². The van der Waals surface area contributed by atoms with Crippen molar-refractivity contribution in [2.75, 3.05) is 6.61 Å². The highest BCUT2D eigenvalue weighted by molar-refractivity contribution is 6.41. The lowest BCUT2D eigenvalue weighted by Crippen LogP contribution is -2.06. The highest BCUT2D eigenvalue weighted by Crippen LogP contribution is 2.20. The number of rotatable bonds is 4. The summed E-state index contributed by atoms with van der Waals surface area (Å²) in [5.41, 5.74) is 0.320. The molecule has 82 valence electrons. The van der Waals surface area contributed by atoms with Gasteiger partial charge in [-0.1, -0.05) is 36.5 Å². The maximum Gasteiger partial charge on any atom is 0.339 e. The van der Waals surface area contributed by atoms with Gasteiger partial charge < -0.3 is 4.74 Å². The van der Waals surface area contributed by atoms with Gasteiger partial charge in [0, 0.05) is 6.20 Å². The highest BCUT2D eigenvalue weighted by Gasteiger charge is 2.09. The van der Waals surface area contributed by atoms with Crippen LogP contribution in [-0.2, 0) is 4.74 Å². The Morgan fingerprint density at radius 3 is 2.87 bits per heavy atom. The van der Waals surface area contributed by atoms with Crippen molar-refractivity contribution in [1.29, 1.82) is 0 Å². The SMILES string of the molecule is CCCCOC(=O)c1cnc(Cl)c(Cl)c1. The van der Waals surface area contributed by atoms with Crippen LogP contribution in [0.2, 0.25) is 10.2 Å². The molecule has 3 nitrogen and oxygen atoms in total. The monoisotopic (exact) mass is 247 g/mol. The summed E-state index contributed by atoms with van der Waals surface area (Å²) in [6.45, 7) is 2.43. The van der Waals surface area contributed by atoms with Crippen LogP contribution >= 0.6 is 23.2 Å². The van der Waals surface area contributed by atoms with Crippen LogP contribution in [0.4, 0.5) is 0 Å². The number of unbranched alkanes of at least 4 members (excludes halogenated alkanes) is 1. The van der Waals surface area contributed by atoms with Crippen molar-refractivity contribution in [1.82, 2.24) is 4.98 Å². The maximum atomic E-state index is 11.4. The second-order valence-corrected chi connectivity index (χ2v) is 3.75. The zero-order valence-electron chi connectivity index (χ0n) is 8.30. The van der Waals surface area contributed by atoms with Gasteiger partial charge >= 0.3 is 5.97 Å². The van der Waals surface area contributed by atoms with Gasteiger partial charge in [0.1, 0.15) is 5.15 Å². The van der Waals surface area contributed by atoms with E-state index in [2.05, 4.69) is 4.98 Å². The quantitative estimate of drug-likeness (QED) is 0.466. The molecule has 1 rings (SSSR count). The van der Waals surface area contributed by atoms with Crippen LogP contribution in [0.1, 0.15) is 30.1 Å². The summed E-state index contributed by atoms with van der Waals surface area (Å²) in [6.07, 6.45) is 3.18. The zero-order chi connectivity index (χ0) is 11.3. The molecule has 0 aromatic carbocycles. The topological polar surface area (TPSA) is 39.2 Å². The summed E-state index contributed by atoms with van der Waals surface area (Å²) >= 11 is 11.3. The van der Waals surface area contributed by atoms with Crippen molar-refractivity contribution in [2.24, 2.45) is 0 Å². The van der Waals surface area contributed by atoms with Crippen LogP contribution in [0, 0.1) is 0 Å². The number of hydrogen-bond donors (Lipinski definition) is 0. The Labute approximate surface area is 98.4 Å². The second-order valence-electron chi connectivity index (χ2n) is 2.99. The average Bonchev–Trinajstić information content (AvgIpc) is 2.22. The molecule has 0 aliphatic heterocycles. The van der Waals surface area contributed by atoms with Crippen LogP contribution in [0.3, 0.4) is 0 Å². The highest BCUT2D eigenvalue weighted by atomic mass is 35.5. The first-order chi connectivity index (χ1) is 7.15. The normalized spacial score (nSPS) is 10.1. The zero-order valence-corrected chi connectivity index (χ0v) is 9.81. The first-order valence-electron chi connectivity index (χ1n) is 4.63. The van der Waals surface area contributed by atoms with Gasteiger partial charge in [-0.15, -0.1) is 0 Å². The van der Waals surface area contributed by atoms with E-state index in [4.69, 9.17) is 27.9 Å². The number of hydrogen-bond acceptors (Lipinski definition) is 3. The van der Waals surface area contributed by atoms with Crippen LogP contribution in [-0.4, -0.2) is 17.6 Å².